The predicted octanol–water partition coefficient (Wildman–Crippen LogP) is 3.37. The van der Waals surface area contributed by atoms with Gasteiger partial charge in [-0.2, -0.15) is 0 Å². The first-order valence-electron chi connectivity index (χ1n) is 7.44. The molecule has 0 saturated heterocycles. The summed E-state index contributed by atoms with van der Waals surface area (Å²) in [5.41, 5.74) is 5.91. The number of anilines is 1. The number of amides is 2. The number of nitrogens with one attached hydrogen (secondary N) is 1. The van der Waals surface area contributed by atoms with E-state index in [0.29, 0.717) is 16.6 Å². The summed E-state index contributed by atoms with van der Waals surface area (Å²) in [6.45, 7) is 0. The summed E-state index contributed by atoms with van der Waals surface area (Å²) >= 11 is 4.58. The van der Waals surface area contributed by atoms with Gasteiger partial charge in [0.1, 0.15) is 11.3 Å². The van der Waals surface area contributed by atoms with Crippen LogP contribution >= 0.6 is 27.3 Å². The Morgan fingerprint density at radius 3 is 2.88 bits per heavy atom. The quantitative estimate of drug-likeness (QED) is 0.620. The summed E-state index contributed by atoms with van der Waals surface area (Å²) in [5.74, 6) is -0.171. The molecule has 0 fully saturated rings. The Balaban J connectivity index is 1.77. The summed E-state index contributed by atoms with van der Waals surface area (Å²) < 4.78 is 6.58. The molecule has 0 spiro atoms. The number of nitrogens with zero attached hydrogens (tertiary/aromatic N) is 2. The zero-order valence-electron chi connectivity index (χ0n) is 13.3. The summed E-state index contributed by atoms with van der Waals surface area (Å²) in [6, 6.07) is 10.5. The summed E-state index contributed by atoms with van der Waals surface area (Å²) in [7, 11) is 0. The van der Waals surface area contributed by atoms with Gasteiger partial charge in [-0.25, -0.2) is 9.97 Å². The number of carbonyl (C=O) groups excluding carboxylic acids is 2. The molecule has 2 aromatic heterocycles. The van der Waals surface area contributed by atoms with Crippen LogP contribution in [0.25, 0.3) is 0 Å². The van der Waals surface area contributed by atoms with Gasteiger partial charge in [-0.05, 0) is 30.3 Å². The topological polar surface area (TPSA) is 107 Å². The fraction of sp³-hybridized carbons (Fsp3) is 0.0588. The van der Waals surface area contributed by atoms with Gasteiger partial charge in [-0.1, -0.05) is 22.0 Å². The van der Waals surface area contributed by atoms with E-state index < -0.39 is 11.8 Å². The number of nitrogens with two attached hydrogens (primary N) is 1. The lowest BCUT2D eigenvalue weighted by molar-refractivity contribution is -0.117. The van der Waals surface area contributed by atoms with E-state index in [9.17, 15) is 9.59 Å². The molecule has 2 amide bonds. The van der Waals surface area contributed by atoms with Crippen LogP contribution in [0.4, 0.5) is 5.13 Å². The Morgan fingerprint density at radius 2 is 2.12 bits per heavy atom. The molecule has 0 aliphatic carbocycles. The van der Waals surface area contributed by atoms with Crippen LogP contribution < -0.4 is 15.8 Å². The molecule has 0 aliphatic rings. The van der Waals surface area contributed by atoms with Crippen molar-refractivity contribution in [2.24, 2.45) is 5.73 Å². The second-order valence-electron chi connectivity index (χ2n) is 5.16. The standard InChI is InChI=1S/C17H13BrN4O3S/c18-10-3-1-4-12(7-10)25-16-13(5-2-6-20-16)15(24)22-17-21-11(9-26-17)8-14(19)23/h1-7,9H,8H2,(H2,19,23)(H,21,22,24). The predicted molar refractivity (Wildman–Crippen MR) is 101 cm³/mol. The van der Waals surface area contributed by atoms with E-state index in [4.69, 9.17) is 10.5 Å². The fourth-order valence-electron chi connectivity index (χ4n) is 2.08. The largest absolute Gasteiger partial charge is 0.438 e. The number of aromatic nitrogens is 2. The number of thiazole rings is 1. The minimum Gasteiger partial charge on any atom is -0.438 e. The lowest BCUT2D eigenvalue weighted by Crippen LogP contribution is -2.15. The summed E-state index contributed by atoms with van der Waals surface area (Å²) in [4.78, 5) is 31.8. The first-order valence-corrected chi connectivity index (χ1v) is 9.11. The molecule has 2 heterocycles. The number of carbonyl (C=O) groups is 2. The second-order valence-corrected chi connectivity index (χ2v) is 6.93. The molecule has 132 valence electrons. The van der Waals surface area contributed by atoms with Crippen molar-refractivity contribution in [3.05, 3.63) is 63.7 Å². The van der Waals surface area contributed by atoms with Crippen LogP contribution in [0, 0.1) is 0 Å². The molecule has 0 unspecified atom stereocenters. The molecule has 3 aromatic rings. The van der Waals surface area contributed by atoms with Gasteiger partial charge in [0, 0.05) is 16.0 Å². The Bertz CT molecular complexity index is 960. The Hall–Kier alpha value is -2.78. The number of hydrogen-bond acceptors (Lipinski definition) is 6. The van der Waals surface area contributed by atoms with Crippen molar-refractivity contribution in [2.45, 2.75) is 6.42 Å². The molecule has 26 heavy (non-hydrogen) atoms. The maximum Gasteiger partial charge on any atom is 0.262 e. The van der Waals surface area contributed by atoms with Gasteiger partial charge in [0.15, 0.2) is 5.13 Å². The zero-order chi connectivity index (χ0) is 18.5. The number of pyridine rings is 1. The van der Waals surface area contributed by atoms with Gasteiger partial charge in [-0.15, -0.1) is 11.3 Å². The van der Waals surface area contributed by atoms with Crippen LogP contribution in [0.3, 0.4) is 0 Å². The van der Waals surface area contributed by atoms with Crippen molar-refractivity contribution < 1.29 is 14.3 Å². The van der Waals surface area contributed by atoms with Crippen LogP contribution in [0.1, 0.15) is 16.1 Å². The second kappa shape index (κ2) is 8.07. The highest BCUT2D eigenvalue weighted by atomic mass is 79.9. The van der Waals surface area contributed by atoms with E-state index in [-0.39, 0.29) is 17.9 Å². The lowest BCUT2D eigenvalue weighted by atomic mass is 10.2. The highest BCUT2D eigenvalue weighted by molar-refractivity contribution is 9.10. The number of primary amides is 1. The van der Waals surface area contributed by atoms with E-state index in [2.05, 4.69) is 31.2 Å². The molecule has 3 N–H and O–H groups in total. The van der Waals surface area contributed by atoms with E-state index >= 15 is 0 Å². The van der Waals surface area contributed by atoms with E-state index in [1.54, 1.807) is 35.8 Å². The van der Waals surface area contributed by atoms with Gasteiger partial charge < -0.3 is 10.5 Å². The maximum atomic E-state index is 12.6. The van der Waals surface area contributed by atoms with Crippen molar-refractivity contribution in [1.82, 2.24) is 9.97 Å². The van der Waals surface area contributed by atoms with E-state index in [1.165, 1.54) is 11.3 Å². The zero-order valence-corrected chi connectivity index (χ0v) is 15.7. The lowest BCUT2D eigenvalue weighted by Gasteiger charge is -2.09. The highest BCUT2D eigenvalue weighted by Crippen LogP contribution is 2.26. The van der Waals surface area contributed by atoms with Gasteiger partial charge in [-0.3, -0.25) is 14.9 Å². The van der Waals surface area contributed by atoms with Crippen LogP contribution in [-0.4, -0.2) is 21.8 Å². The molecular weight excluding hydrogens is 420 g/mol. The normalized spacial score (nSPS) is 10.3. The smallest absolute Gasteiger partial charge is 0.262 e. The molecule has 0 radical (unpaired) electrons. The van der Waals surface area contributed by atoms with Crippen LogP contribution in [0.5, 0.6) is 11.6 Å². The van der Waals surface area contributed by atoms with Crippen molar-refractivity contribution in [1.29, 1.82) is 0 Å². The van der Waals surface area contributed by atoms with Gasteiger partial charge >= 0.3 is 0 Å². The molecule has 0 aliphatic heterocycles. The summed E-state index contributed by atoms with van der Waals surface area (Å²) in [5, 5.41) is 4.71. The average molecular weight is 433 g/mol. The molecule has 0 bridgehead atoms. The van der Waals surface area contributed by atoms with Gasteiger partial charge in [0.25, 0.3) is 5.91 Å². The van der Waals surface area contributed by atoms with Crippen molar-refractivity contribution >= 4 is 44.2 Å². The average Bonchev–Trinajstić information content (AvgIpc) is 3.01. The van der Waals surface area contributed by atoms with E-state index in [1.807, 2.05) is 12.1 Å². The first kappa shape index (κ1) is 18.0. The SMILES string of the molecule is NC(=O)Cc1csc(NC(=O)c2cccnc2Oc2cccc(Br)c2)n1. The van der Waals surface area contributed by atoms with Crippen LogP contribution in [0.2, 0.25) is 0 Å². The Kier molecular flexibility index (Phi) is 5.59. The highest BCUT2D eigenvalue weighted by Gasteiger charge is 2.16. The Morgan fingerprint density at radius 1 is 1.27 bits per heavy atom. The number of ether oxygens (including phenoxy) is 1. The van der Waals surface area contributed by atoms with Crippen LogP contribution in [-0.2, 0) is 11.2 Å². The first-order chi connectivity index (χ1) is 12.5. The monoisotopic (exact) mass is 432 g/mol. The third kappa shape index (κ3) is 4.64. The van der Waals surface area contributed by atoms with E-state index in [0.717, 1.165) is 4.47 Å². The number of rotatable bonds is 6. The van der Waals surface area contributed by atoms with Crippen molar-refractivity contribution in [2.75, 3.05) is 5.32 Å². The van der Waals surface area contributed by atoms with Crippen molar-refractivity contribution in [3.8, 4) is 11.6 Å². The molecule has 1 aromatic carbocycles. The minimum absolute atomic E-state index is 0.0243. The number of benzene rings is 1. The molecular formula is C17H13BrN4O3S. The Labute approximate surface area is 161 Å². The molecule has 0 atom stereocenters. The van der Waals surface area contributed by atoms with Gasteiger partial charge in [0.05, 0.1) is 12.1 Å². The number of hydrogen-bond donors (Lipinski definition) is 2. The third-order valence-corrected chi connectivity index (χ3v) is 4.45. The molecule has 7 nitrogen and oxygen atoms in total. The number of halogens is 1. The van der Waals surface area contributed by atoms with Gasteiger partial charge in [0.2, 0.25) is 11.8 Å². The minimum atomic E-state index is -0.481. The molecule has 9 heteroatoms. The third-order valence-electron chi connectivity index (χ3n) is 3.15. The summed E-state index contributed by atoms with van der Waals surface area (Å²) in [6.07, 6.45) is 1.56. The molecule has 0 saturated carbocycles. The molecule has 3 rings (SSSR count). The fourth-order valence-corrected chi connectivity index (χ4v) is 3.16. The van der Waals surface area contributed by atoms with Crippen LogP contribution in [0.15, 0.2) is 52.4 Å². The maximum absolute atomic E-state index is 12.6. The van der Waals surface area contributed by atoms with Crippen molar-refractivity contribution in [3.63, 3.8) is 0 Å².